The zero-order valence-electron chi connectivity index (χ0n) is 21.6. The minimum atomic E-state index is -1.72. The molecule has 37 heavy (non-hydrogen) atoms. The first-order valence-electron chi connectivity index (χ1n) is 12.4. The number of allylic oxidation sites excluding steroid dienone is 1. The first-order chi connectivity index (χ1) is 17.4. The van der Waals surface area contributed by atoms with Crippen molar-refractivity contribution in [1.29, 1.82) is 0 Å². The zero-order chi connectivity index (χ0) is 26.9. The van der Waals surface area contributed by atoms with Crippen molar-refractivity contribution < 1.29 is 19.1 Å². The van der Waals surface area contributed by atoms with Crippen LogP contribution in [0.3, 0.4) is 0 Å². The Bertz CT molecular complexity index is 1460. The van der Waals surface area contributed by atoms with Gasteiger partial charge in [0.25, 0.3) is 0 Å². The van der Waals surface area contributed by atoms with E-state index in [0.29, 0.717) is 33.4 Å². The van der Waals surface area contributed by atoms with Crippen molar-refractivity contribution in [1.82, 2.24) is 0 Å². The van der Waals surface area contributed by atoms with E-state index >= 15 is 0 Å². The molecule has 1 atom stereocenters. The molecule has 2 aromatic carbocycles. The van der Waals surface area contributed by atoms with Crippen molar-refractivity contribution in [3.8, 4) is 0 Å². The zero-order valence-corrected chi connectivity index (χ0v) is 23.2. The minimum Gasteiger partial charge on any atom is -0.462 e. The van der Waals surface area contributed by atoms with Crippen molar-refractivity contribution >= 4 is 45.0 Å². The number of benzene rings is 2. The number of ether oxygens (including phenoxy) is 1. The lowest BCUT2D eigenvalue weighted by Gasteiger charge is -2.47. The summed E-state index contributed by atoms with van der Waals surface area (Å²) < 4.78 is 6.21. The average Bonchev–Trinajstić information content (AvgIpc) is 3.07. The molecule has 0 fully saturated rings. The molecule has 192 valence electrons. The number of Topliss-reactive ketones (excluding diaryl/α,β-unsaturated/α-hetero) is 1. The van der Waals surface area contributed by atoms with E-state index in [1.54, 1.807) is 24.0 Å². The third kappa shape index (κ3) is 3.56. The molecule has 2 aromatic rings. The number of carbonyl (C=O) groups excluding carboxylic acids is 3. The normalized spacial score (nSPS) is 22.3. The van der Waals surface area contributed by atoms with E-state index in [1.165, 1.54) is 0 Å². The Balaban J connectivity index is 1.95. The van der Waals surface area contributed by atoms with E-state index in [4.69, 9.17) is 10.5 Å². The maximum absolute atomic E-state index is 14.1. The highest BCUT2D eigenvalue weighted by Crippen LogP contribution is 2.58. The molecule has 3 aliphatic rings. The van der Waals surface area contributed by atoms with Crippen LogP contribution in [0, 0.1) is 19.3 Å². The van der Waals surface area contributed by atoms with Gasteiger partial charge in [0.05, 0.1) is 12.3 Å². The number of esters is 1. The van der Waals surface area contributed by atoms with Gasteiger partial charge in [-0.15, -0.1) is 0 Å². The number of aryl methyl sites for hydroxylation is 1. The van der Waals surface area contributed by atoms with Crippen LogP contribution in [0.25, 0.3) is 0 Å². The summed E-state index contributed by atoms with van der Waals surface area (Å²) in [5.41, 5.74) is 9.56. The van der Waals surface area contributed by atoms with Crippen LogP contribution in [0.15, 0.2) is 63.5 Å². The largest absolute Gasteiger partial charge is 0.462 e. The highest BCUT2D eigenvalue weighted by atomic mass is 79.9. The van der Waals surface area contributed by atoms with Gasteiger partial charge >= 0.3 is 5.97 Å². The summed E-state index contributed by atoms with van der Waals surface area (Å²) in [5.74, 6) is -1.28. The Morgan fingerprint density at radius 1 is 1.16 bits per heavy atom. The summed E-state index contributed by atoms with van der Waals surface area (Å²) in [7, 11) is 0. The molecular weight excluding hydrogens is 534 g/mol. The average molecular weight is 564 g/mol. The number of nitrogens with two attached hydrogens (primary N) is 1. The van der Waals surface area contributed by atoms with Crippen LogP contribution in [0.2, 0.25) is 0 Å². The fraction of sp³-hybridized carbons (Fsp3) is 0.345. The lowest BCUT2D eigenvalue weighted by molar-refractivity contribution is -0.140. The number of amides is 1. The molecule has 1 amide bonds. The summed E-state index contributed by atoms with van der Waals surface area (Å²) in [6, 6.07) is 11.2. The molecule has 1 unspecified atom stereocenters. The molecule has 2 heterocycles. The molecular formula is C29H30BrN3O4. The van der Waals surface area contributed by atoms with Crippen molar-refractivity contribution in [3.63, 3.8) is 0 Å². The molecule has 3 N–H and O–H groups in total. The molecule has 0 aromatic heterocycles. The van der Waals surface area contributed by atoms with E-state index in [-0.39, 0.29) is 35.6 Å². The standard InChI is InChI=1S/C29H30BrN3O4/c1-6-37-26(35)24-25(31)33(20-9-7-8-15(2)16(20)3)21-13-28(4,5)14-22(34)23(21)29(24)18-12-17(30)10-11-19(18)32-27(29)36/h7-12H,6,13-14,31H2,1-5H3,(H,32,36). The van der Waals surface area contributed by atoms with Crippen LogP contribution in [-0.2, 0) is 24.5 Å². The monoisotopic (exact) mass is 563 g/mol. The van der Waals surface area contributed by atoms with Crippen LogP contribution in [0.1, 0.15) is 50.3 Å². The van der Waals surface area contributed by atoms with Gasteiger partial charge < -0.3 is 15.8 Å². The molecule has 8 heteroatoms. The Labute approximate surface area is 224 Å². The van der Waals surface area contributed by atoms with Crippen molar-refractivity contribution in [2.45, 2.75) is 52.9 Å². The van der Waals surface area contributed by atoms with Crippen molar-refractivity contribution in [2.75, 3.05) is 16.8 Å². The van der Waals surface area contributed by atoms with Crippen LogP contribution in [0.5, 0.6) is 0 Å². The maximum Gasteiger partial charge on any atom is 0.339 e. The third-order valence-corrected chi connectivity index (χ3v) is 8.13. The minimum absolute atomic E-state index is 0.0311. The van der Waals surface area contributed by atoms with E-state index < -0.39 is 17.3 Å². The van der Waals surface area contributed by atoms with Crippen LogP contribution >= 0.6 is 15.9 Å². The number of hydrogen-bond donors (Lipinski definition) is 2. The summed E-state index contributed by atoms with van der Waals surface area (Å²) in [4.78, 5) is 43.7. The van der Waals surface area contributed by atoms with Crippen LogP contribution in [0.4, 0.5) is 11.4 Å². The Morgan fingerprint density at radius 2 is 1.89 bits per heavy atom. The predicted octanol–water partition coefficient (Wildman–Crippen LogP) is 5.15. The van der Waals surface area contributed by atoms with Gasteiger partial charge in [-0.2, -0.15) is 0 Å². The number of anilines is 2. The molecule has 7 nitrogen and oxygen atoms in total. The van der Waals surface area contributed by atoms with Crippen molar-refractivity contribution in [3.05, 3.63) is 80.2 Å². The topological polar surface area (TPSA) is 102 Å². The fourth-order valence-corrected chi connectivity index (χ4v) is 6.32. The summed E-state index contributed by atoms with van der Waals surface area (Å²) in [6.07, 6.45) is 0.734. The van der Waals surface area contributed by atoms with Gasteiger partial charge in [0.2, 0.25) is 5.91 Å². The van der Waals surface area contributed by atoms with E-state index in [1.807, 2.05) is 52.0 Å². The smallest absolute Gasteiger partial charge is 0.339 e. The molecule has 0 radical (unpaired) electrons. The lowest BCUT2D eigenvalue weighted by atomic mass is 9.60. The van der Waals surface area contributed by atoms with Gasteiger partial charge in [-0.25, -0.2) is 4.79 Å². The highest BCUT2D eigenvalue weighted by molar-refractivity contribution is 9.10. The molecule has 1 spiro atoms. The van der Waals surface area contributed by atoms with Gasteiger partial charge in [0.15, 0.2) is 5.78 Å². The van der Waals surface area contributed by atoms with Crippen LogP contribution in [-0.4, -0.2) is 24.3 Å². The van der Waals surface area contributed by atoms with Crippen molar-refractivity contribution in [2.24, 2.45) is 11.1 Å². The molecule has 1 aliphatic carbocycles. The number of halogens is 1. The second kappa shape index (κ2) is 8.58. The number of rotatable bonds is 3. The number of ketones is 1. The molecule has 0 saturated heterocycles. The van der Waals surface area contributed by atoms with E-state index in [0.717, 1.165) is 16.8 Å². The Kier molecular flexibility index (Phi) is 5.86. The lowest BCUT2D eigenvalue weighted by Crippen LogP contribution is -2.54. The SMILES string of the molecule is CCOC(=O)C1=C(N)N(c2cccc(C)c2C)C2=C(C(=O)CC(C)(C)C2)C12C(=O)Nc1ccc(Br)cc12. The van der Waals surface area contributed by atoms with Gasteiger partial charge in [0.1, 0.15) is 16.8 Å². The van der Waals surface area contributed by atoms with Gasteiger partial charge in [-0.3, -0.25) is 14.5 Å². The second-order valence-corrected chi connectivity index (χ2v) is 11.6. The van der Waals surface area contributed by atoms with Crippen LogP contribution < -0.4 is 16.0 Å². The van der Waals surface area contributed by atoms with E-state index in [2.05, 4.69) is 21.2 Å². The maximum atomic E-state index is 14.1. The van der Waals surface area contributed by atoms with Gasteiger partial charge in [0, 0.05) is 33.4 Å². The number of carbonyl (C=O) groups is 3. The summed E-state index contributed by atoms with van der Waals surface area (Å²) in [6.45, 7) is 9.84. The fourth-order valence-electron chi connectivity index (χ4n) is 5.96. The molecule has 0 saturated carbocycles. The van der Waals surface area contributed by atoms with Gasteiger partial charge in [-0.05, 0) is 68.0 Å². The Morgan fingerprint density at radius 3 is 2.59 bits per heavy atom. The number of fused-ring (bicyclic) bond motifs is 3. The molecule has 2 aliphatic heterocycles. The quantitative estimate of drug-likeness (QED) is 0.500. The second-order valence-electron chi connectivity index (χ2n) is 10.7. The van der Waals surface area contributed by atoms with Gasteiger partial charge in [-0.1, -0.05) is 41.9 Å². The first-order valence-corrected chi connectivity index (χ1v) is 13.2. The first kappa shape index (κ1) is 25.3. The number of nitrogens with one attached hydrogen (secondary N) is 1. The van der Waals surface area contributed by atoms with E-state index in [9.17, 15) is 14.4 Å². The summed E-state index contributed by atoms with van der Waals surface area (Å²) in [5, 5.41) is 2.92. The summed E-state index contributed by atoms with van der Waals surface area (Å²) >= 11 is 3.51. The number of nitrogens with zero attached hydrogens (tertiary/aromatic N) is 1. The molecule has 5 rings (SSSR count). The molecule has 0 bridgehead atoms. The Hall–Kier alpha value is -3.39. The highest BCUT2D eigenvalue weighted by Gasteiger charge is 2.63. The third-order valence-electron chi connectivity index (χ3n) is 7.64. The number of hydrogen-bond acceptors (Lipinski definition) is 6. The predicted molar refractivity (Wildman–Crippen MR) is 146 cm³/mol.